The molecule has 0 bridgehead atoms. The molecule has 0 unspecified atom stereocenters. The molecule has 1 heterocycles. The predicted octanol–water partition coefficient (Wildman–Crippen LogP) is 0.917. The molecule has 1 N–H and O–H groups in total. The minimum absolute atomic E-state index is 0. The first-order valence-electron chi connectivity index (χ1n) is 3.21. The molecule has 3 heteroatoms. The molecule has 0 aliphatic carbocycles. The van der Waals surface area contributed by atoms with Crippen LogP contribution >= 0.6 is 12.4 Å². The molecule has 1 aliphatic rings. The van der Waals surface area contributed by atoms with Crippen molar-refractivity contribution >= 4 is 18.2 Å². The normalized spacial score (nSPS) is 17.1. The Labute approximate surface area is 67.1 Å². The van der Waals surface area contributed by atoms with Gasteiger partial charge in [0, 0.05) is 12.1 Å². The number of Topliss-reactive ketones (excluding diaryl/α,β-unsaturated/α-hetero) is 1. The van der Waals surface area contributed by atoms with Gasteiger partial charge in [-0.25, -0.2) is 0 Å². The maximum atomic E-state index is 10.7. The number of carbonyl (C=O) groups is 1. The summed E-state index contributed by atoms with van der Waals surface area (Å²) >= 11 is 0. The van der Waals surface area contributed by atoms with Gasteiger partial charge in [-0.2, -0.15) is 0 Å². The van der Waals surface area contributed by atoms with Gasteiger partial charge in [-0.3, -0.25) is 4.79 Å². The SMILES string of the molecule is CC(=O)C1=CCCNC1.Cl. The highest BCUT2D eigenvalue weighted by Gasteiger charge is 2.05. The van der Waals surface area contributed by atoms with E-state index in [2.05, 4.69) is 5.32 Å². The van der Waals surface area contributed by atoms with Crippen molar-refractivity contribution in [2.24, 2.45) is 0 Å². The van der Waals surface area contributed by atoms with Crippen LogP contribution in [-0.2, 0) is 4.79 Å². The maximum absolute atomic E-state index is 10.7. The molecule has 0 amide bonds. The van der Waals surface area contributed by atoms with Gasteiger partial charge in [-0.05, 0) is 19.9 Å². The third-order valence-corrected chi connectivity index (χ3v) is 1.48. The first-order chi connectivity index (χ1) is 4.30. The Morgan fingerprint density at radius 2 is 2.40 bits per heavy atom. The van der Waals surface area contributed by atoms with Crippen LogP contribution < -0.4 is 5.32 Å². The zero-order chi connectivity index (χ0) is 6.69. The summed E-state index contributed by atoms with van der Waals surface area (Å²) in [5.74, 6) is 0.196. The molecule has 2 nitrogen and oxygen atoms in total. The van der Waals surface area contributed by atoms with E-state index in [-0.39, 0.29) is 18.2 Å². The van der Waals surface area contributed by atoms with Crippen LogP contribution in [0.3, 0.4) is 0 Å². The lowest BCUT2D eigenvalue weighted by atomic mass is 10.1. The highest BCUT2D eigenvalue weighted by atomic mass is 35.5. The fourth-order valence-corrected chi connectivity index (χ4v) is 0.912. The van der Waals surface area contributed by atoms with Gasteiger partial charge < -0.3 is 5.32 Å². The first-order valence-corrected chi connectivity index (χ1v) is 3.21. The fraction of sp³-hybridized carbons (Fsp3) is 0.571. The number of nitrogens with one attached hydrogen (secondary N) is 1. The molecule has 0 radical (unpaired) electrons. The van der Waals surface area contributed by atoms with Gasteiger partial charge in [0.25, 0.3) is 0 Å². The number of hydrogen-bond acceptors (Lipinski definition) is 2. The van der Waals surface area contributed by atoms with E-state index >= 15 is 0 Å². The van der Waals surface area contributed by atoms with Crippen LogP contribution in [-0.4, -0.2) is 18.9 Å². The molecule has 0 aromatic heterocycles. The summed E-state index contributed by atoms with van der Waals surface area (Å²) in [6.45, 7) is 3.38. The second-order valence-corrected chi connectivity index (χ2v) is 2.25. The number of rotatable bonds is 1. The highest BCUT2D eigenvalue weighted by molar-refractivity contribution is 5.93. The minimum Gasteiger partial charge on any atom is -0.312 e. The summed E-state index contributed by atoms with van der Waals surface area (Å²) in [4.78, 5) is 10.7. The molecule has 0 atom stereocenters. The van der Waals surface area contributed by atoms with E-state index in [1.807, 2.05) is 6.08 Å². The first kappa shape index (κ1) is 9.66. The van der Waals surface area contributed by atoms with Crippen molar-refractivity contribution in [3.63, 3.8) is 0 Å². The molecule has 1 rings (SSSR count). The largest absolute Gasteiger partial charge is 0.312 e. The van der Waals surface area contributed by atoms with E-state index in [1.165, 1.54) is 0 Å². The van der Waals surface area contributed by atoms with Crippen LogP contribution in [0.5, 0.6) is 0 Å². The van der Waals surface area contributed by atoms with Gasteiger partial charge in [-0.1, -0.05) is 6.08 Å². The Kier molecular flexibility index (Phi) is 4.32. The van der Waals surface area contributed by atoms with Crippen LogP contribution in [0.2, 0.25) is 0 Å². The van der Waals surface area contributed by atoms with E-state index in [9.17, 15) is 4.79 Å². The molecular weight excluding hydrogens is 150 g/mol. The Bertz CT molecular complexity index is 154. The molecule has 0 saturated carbocycles. The van der Waals surface area contributed by atoms with Crippen LogP contribution in [0.15, 0.2) is 11.6 Å². The monoisotopic (exact) mass is 161 g/mol. The molecule has 58 valence electrons. The molecule has 0 aromatic rings. The van der Waals surface area contributed by atoms with Gasteiger partial charge in [-0.15, -0.1) is 12.4 Å². The van der Waals surface area contributed by atoms with Gasteiger partial charge in [0.1, 0.15) is 0 Å². The summed E-state index contributed by atoms with van der Waals surface area (Å²) in [5.41, 5.74) is 0.932. The average Bonchev–Trinajstić information content (AvgIpc) is 1.90. The Morgan fingerprint density at radius 1 is 1.70 bits per heavy atom. The number of carbonyl (C=O) groups excluding carboxylic acids is 1. The van der Waals surface area contributed by atoms with E-state index in [0.29, 0.717) is 0 Å². The second kappa shape index (κ2) is 4.47. The van der Waals surface area contributed by atoms with Crippen molar-refractivity contribution < 1.29 is 4.79 Å². The van der Waals surface area contributed by atoms with Crippen molar-refractivity contribution in [1.29, 1.82) is 0 Å². The quantitative estimate of drug-likeness (QED) is 0.620. The van der Waals surface area contributed by atoms with Gasteiger partial charge in [0.05, 0.1) is 0 Å². The number of ketones is 1. The van der Waals surface area contributed by atoms with E-state index in [1.54, 1.807) is 6.92 Å². The Hall–Kier alpha value is -0.340. The number of hydrogen-bond donors (Lipinski definition) is 1. The fourth-order valence-electron chi connectivity index (χ4n) is 0.912. The maximum Gasteiger partial charge on any atom is 0.156 e. The van der Waals surface area contributed by atoms with Crippen LogP contribution in [0.4, 0.5) is 0 Å². The summed E-state index contributed by atoms with van der Waals surface area (Å²) in [6.07, 6.45) is 3.01. The van der Waals surface area contributed by atoms with E-state index in [0.717, 1.165) is 25.1 Å². The summed E-state index contributed by atoms with van der Waals surface area (Å²) in [7, 11) is 0. The lowest BCUT2D eigenvalue weighted by Gasteiger charge is -2.10. The van der Waals surface area contributed by atoms with Crippen molar-refractivity contribution in [2.75, 3.05) is 13.1 Å². The van der Waals surface area contributed by atoms with Crippen molar-refractivity contribution in [3.05, 3.63) is 11.6 Å². The van der Waals surface area contributed by atoms with Crippen LogP contribution in [0.1, 0.15) is 13.3 Å². The third kappa shape index (κ3) is 2.50. The molecule has 1 aliphatic heterocycles. The average molecular weight is 162 g/mol. The smallest absolute Gasteiger partial charge is 0.156 e. The summed E-state index contributed by atoms with van der Waals surface area (Å²) < 4.78 is 0. The second-order valence-electron chi connectivity index (χ2n) is 2.25. The van der Waals surface area contributed by atoms with Crippen molar-refractivity contribution in [3.8, 4) is 0 Å². The Balaban J connectivity index is 0.000000810. The van der Waals surface area contributed by atoms with Gasteiger partial charge >= 0.3 is 0 Å². The zero-order valence-corrected chi connectivity index (χ0v) is 6.83. The molecule has 0 fully saturated rings. The molecule has 10 heavy (non-hydrogen) atoms. The van der Waals surface area contributed by atoms with Crippen molar-refractivity contribution in [1.82, 2.24) is 5.32 Å². The van der Waals surface area contributed by atoms with E-state index < -0.39 is 0 Å². The molecular formula is C7H12ClNO. The minimum atomic E-state index is 0. The Morgan fingerprint density at radius 3 is 2.70 bits per heavy atom. The number of halogens is 1. The molecule has 0 spiro atoms. The standard InChI is InChI=1S/C7H11NO.ClH/c1-6(9)7-3-2-4-8-5-7;/h3,8H,2,4-5H2,1H3;1H. The highest BCUT2D eigenvalue weighted by Crippen LogP contribution is 2.00. The summed E-state index contributed by atoms with van der Waals surface area (Å²) in [5, 5.41) is 3.13. The van der Waals surface area contributed by atoms with Crippen LogP contribution in [0, 0.1) is 0 Å². The van der Waals surface area contributed by atoms with Crippen molar-refractivity contribution in [2.45, 2.75) is 13.3 Å². The predicted molar refractivity (Wildman–Crippen MR) is 43.5 cm³/mol. The zero-order valence-electron chi connectivity index (χ0n) is 6.02. The molecule has 0 saturated heterocycles. The van der Waals surface area contributed by atoms with Crippen LogP contribution in [0.25, 0.3) is 0 Å². The summed E-state index contributed by atoms with van der Waals surface area (Å²) in [6, 6.07) is 0. The van der Waals surface area contributed by atoms with Gasteiger partial charge in [0.15, 0.2) is 5.78 Å². The van der Waals surface area contributed by atoms with Gasteiger partial charge in [0.2, 0.25) is 0 Å². The lowest BCUT2D eigenvalue weighted by Crippen LogP contribution is -2.24. The lowest BCUT2D eigenvalue weighted by molar-refractivity contribution is -0.113. The molecule has 0 aromatic carbocycles. The third-order valence-electron chi connectivity index (χ3n) is 1.48. The topological polar surface area (TPSA) is 29.1 Å². The van der Waals surface area contributed by atoms with E-state index in [4.69, 9.17) is 0 Å².